The van der Waals surface area contributed by atoms with Gasteiger partial charge in [-0.2, -0.15) is 0 Å². The molecule has 0 saturated heterocycles. The third kappa shape index (κ3) is 6.10. The zero-order valence-corrected chi connectivity index (χ0v) is 16.5. The van der Waals surface area contributed by atoms with Crippen molar-refractivity contribution in [2.45, 2.75) is 50.4 Å². The van der Waals surface area contributed by atoms with Crippen molar-refractivity contribution in [1.29, 1.82) is 0 Å². The van der Waals surface area contributed by atoms with Crippen LogP contribution in [0.5, 0.6) is 11.5 Å². The average Bonchev–Trinajstić information content (AvgIpc) is 2.73. The number of aliphatic hydroxyl groups excluding tert-OH is 2. The molecule has 0 saturated carbocycles. The van der Waals surface area contributed by atoms with Crippen molar-refractivity contribution in [3.8, 4) is 11.5 Å². The molecule has 1 aliphatic heterocycles. The molecule has 164 valence electrons. The van der Waals surface area contributed by atoms with Crippen LogP contribution in [0.1, 0.15) is 30.4 Å². The molecule has 0 spiro atoms. The van der Waals surface area contributed by atoms with Crippen LogP contribution in [0.3, 0.4) is 0 Å². The molecule has 8 heteroatoms. The molecule has 0 fully saturated rings. The molecule has 1 heterocycles. The van der Waals surface area contributed by atoms with Crippen LogP contribution in [0, 0.1) is 11.6 Å². The topological polar surface area (TPSA) is 71.0 Å². The number of aryl methyl sites for hydroxylation is 2. The number of rotatable bonds is 10. The highest BCUT2D eigenvalue weighted by Crippen LogP contribution is 2.29. The van der Waals surface area contributed by atoms with Crippen LogP contribution in [0.25, 0.3) is 0 Å². The standard InChI is InChI=1S/C22H26F3NO4/c23-16-5-8-20-15(11-16)4-7-22(29-20)19(28)13-26-12-18(27)3-1-2-14-10-17(24)6-9-21(14)30-25/h5-6,8-11,18-19,22,26-28H,1-4,7,12-13H2. The molecule has 1 aliphatic rings. The second-order valence-corrected chi connectivity index (χ2v) is 7.55. The summed E-state index contributed by atoms with van der Waals surface area (Å²) in [5.74, 6) is -0.220. The lowest BCUT2D eigenvalue weighted by atomic mass is 9.99. The maximum absolute atomic E-state index is 13.3. The van der Waals surface area contributed by atoms with Gasteiger partial charge < -0.3 is 20.3 Å². The van der Waals surface area contributed by atoms with Crippen molar-refractivity contribution in [2.75, 3.05) is 13.1 Å². The number of fused-ring (bicyclic) bond motifs is 1. The Balaban J connectivity index is 1.36. The van der Waals surface area contributed by atoms with Gasteiger partial charge in [-0.05, 0) is 74.1 Å². The van der Waals surface area contributed by atoms with Gasteiger partial charge in [-0.1, -0.05) is 0 Å². The average molecular weight is 425 g/mol. The quantitative estimate of drug-likeness (QED) is 0.545. The van der Waals surface area contributed by atoms with Gasteiger partial charge in [-0.25, -0.2) is 8.78 Å². The third-order valence-electron chi connectivity index (χ3n) is 5.25. The molecular formula is C22H26F3NO4. The monoisotopic (exact) mass is 425 g/mol. The third-order valence-corrected chi connectivity index (χ3v) is 5.25. The largest absolute Gasteiger partial charge is 0.487 e. The molecule has 3 atom stereocenters. The van der Waals surface area contributed by atoms with Gasteiger partial charge in [0.25, 0.3) is 0 Å². The van der Waals surface area contributed by atoms with E-state index in [4.69, 9.17) is 4.74 Å². The second-order valence-electron chi connectivity index (χ2n) is 7.55. The molecule has 0 aliphatic carbocycles. The fourth-order valence-corrected chi connectivity index (χ4v) is 3.63. The van der Waals surface area contributed by atoms with Gasteiger partial charge in [0.2, 0.25) is 0 Å². The molecule has 3 rings (SSSR count). The lowest BCUT2D eigenvalue weighted by Gasteiger charge is -2.30. The summed E-state index contributed by atoms with van der Waals surface area (Å²) in [6.07, 6.45) is 0.667. The van der Waals surface area contributed by atoms with Crippen molar-refractivity contribution in [3.63, 3.8) is 0 Å². The van der Waals surface area contributed by atoms with Crippen molar-refractivity contribution in [3.05, 3.63) is 59.2 Å². The Morgan fingerprint density at radius 1 is 1.10 bits per heavy atom. The van der Waals surface area contributed by atoms with E-state index in [2.05, 4.69) is 10.3 Å². The number of hydrogen-bond acceptors (Lipinski definition) is 5. The van der Waals surface area contributed by atoms with E-state index in [-0.39, 0.29) is 24.7 Å². The minimum absolute atomic E-state index is 0.0241. The Labute approximate surface area is 173 Å². The van der Waals surface area contributed by atoms with E-state index >= 15 is 0 Å². The van der Waals surface area contributed by atoms with Gasteiger partial charge in [0, 0.05) is 23.2 Å². The van der Waals surface area contributed by atoms with Crippen LogP contribution in [0.15, 0.2) is 36.4 Å². The summed E-state index contributed by atoms with van der Waals surface area (Å²) in [5, 5.41) is 23.5. The number of nitrogens with one attached hydrogen (secondary N) is 1. The summed E-state index contributed by atoms with van der Waals surface area (Å²) in [4.78, 5) is 3.73. The van der Waals surface area contributed by atoms with Crippen LogP contribution in [0.4, 0.5) is 13.3 Å². The lowest BCUT2D eigenvalue weighted by molar-refractivity contribution is -0.00748. The first-order valence-electron chi connectivity index (χ1n) is 10.0. The highest BCUT2D eigenvalue weighted by atomic mass is 19.3. The molecule has 0 aromatic heterocycles. The summed E-state index contributed by atoms with van der Waals surface area (Å²) in [5.41, 5.74) is 1.20. The van der Waals surface area contributed by atoms with Crippen LogP contribution < -0.4 is 15.0 Å². The molecule has 3 unspecified atom stereocenters. The SMILES string of the molecule is OC(CCCc1cc(F)ccc1OF)CNCC(O)C1CCc2cc(F)ccc2O1. The molecular weight excluding hydrogens is 399 g/mol. The zero-order valence-electron chi connectivity index (χ0n) is 16.5. The normalized spacial score (nSPS) is 17.7. The van der Waals surface area contributed by atoms with E-state index < -0.39 is 24.1 Å². The number of benzene rings is 2. The summed E-state index contributed by atoms with van der Waals surface area (Å²) in [6, 6.07) is 7.90. The highest BCUT2D eigenvalue weighted by Gasteiger charge is 2.26. The van der Waals surface area contributed by atoms with E-state index in [1.807, 2.05) is 0 Å². The maximum atomic E-state index is 13.3. The zero-order chi connectivity index (χ0) is 21.5. The number of aliphatic hydroxyl groups is 2. The minimum atomic E-state index is -0.771. The van der Waals surface area contributed by atoms with Crippen LogP contribution in [0.2, 0.25) is 0 Å². The molecule has 0 amide bonds. The molecule has 2 aromatic rings. The first-order valence-corrected chi connectivity index (χ1v) is 10.0. The van der Waals surface area contributed by atoms with Gasteiger partial charge in [0.15, 0.2) is 5.75 Å². The maximum Gasteiger partial charge on any atom is 0.175 e. The van der Waals surface area contributed by atoms with Crippen molar-refractivity contribution in [2.24, 2.45) is 0 Å². The van der Waals surface area contributed by atoms with E-state index in [9.17, 15) is 23.5 Å². The Hall–Kier alpha value is -2.29. The van der Waals surface area contributed by atoms with Gasteiger partial charge >= 0.3 is 0 Å². The molecule has 5 nitrogen and oxygen atoms in total. The minimum Gasteiger partial charge on any atom is -0.487 e. The van der Waals surface area contributed by atoms with E-state index in [0.29, 0.717) is 43.4 Å². The fraction of sp³-hybridized carbons (Fsp3) is 0.455. The molecule has 0 radical (unpaired) electrons. The predicted octanol–water partition coefficient (Wildman–Crippen LogP) is 3.26. The summed E-state index contributed by atoms with van der Waals surface area (Å²) >= 11 is 0. The van der Waals surface area contributed by atoms with Crippen LogP contribution in [-0.4, -0.2) is 41.6 Å². The van der Waals surface area contributed by atoms with E-state index in [1.165, 1.54) is 24.3 Å². The second kappa shape index (κ2) is 10.7. The first-order chi connectivity index (χ1) is 14.5. The molecule has 2 aromatic carbocycles. The Kier molecular flexibility index (Phi) is 7.95. The first kappa shape index (κ1) is 22.4. The van der Waals surface area contributed by atoms with Crippen molar-refractivity contribution >= 4 is 0 Å². The number of halogens is 3. The highest BCUT2D eigenvalue weighted by molar-refractivity contribution is 5.36. The van der Waals surface area contributed by atoms with E-state index in [1.54, 1.807) is 6.07 Å². The number of ether oxygens (including phenoxy) is 1. The summed E-state index contributed by atoms with van der Waals surface area (Å²) in [7, 11) is 0. The van der Waals surface area contributed by atoms with Crippen LogP contribution >= 0.6 is 0 Å². The lowest BCUT2D eigenvalue weighted by Crippen LogP contribution is -2.43. The molecule has 30 heavy (non-hydrogen) atoms. The van der Waals surface area contributed by atoms with Gasteiger partial charge in [0.1, 0.15) is 29.6 Å². The number of hydrogen-bond donors (Lipinski definition) is 3. The van der Waals surface area contributed by atoms with Crippen LogP contribution in [-0.2, 0) is 12.8 Å². The summed E-state index contributed by atoms with van der Waals surface area (Å²) in [6.45, 7) is 0.503. The smallest absolute Gasteiger partial charge is 0.175 e. The predicted molar refractivity (Wildman–Crippen MR) is 105 cm³/mol. The van der Waals surface area contributed by atoms with Crippen molar-refractivity contribution < 1.29 is 33.2 Å². The Morgan fingerprint density at radius 3 is 2.67 bits per heavy atom. The summed E-state index contributed by atoms with van der Waals surface area (Å²) < 4.78 is 44.8. The molecule has 0 bridgehead atoms. The van der Waals surface area contributed by atoms with Crippen molar-refractivity contribution in [1.82, 2.24) is 5.32 Å². The fourth-order valence-electron chi connectivity index (χ4n) is 3.63. The van der Waals surface area contributed by atoms with E-state index in [0.717, 1.165) is 11.6 Å². The van der Waals surface area contributed by atoms with Gasteiger partial charge in [-0.3, -0.25) is 4.94 Å². The van der Waals surface area contributed by atoms with Gasteiger partial charge in [-0.15, -0.1) is 0 Å². The Bertz CT molecular complexity index is 836. The van der Waals surface area contributed by atoms with Gasteiger partial charge in [0.05, 0.1) is 6.10 Å². The molecule has 3 N–H and O–H groups in total. The Morgan fingerprint density at radius 2 is 1.87 bits per heavy atom.